The van der Waals surface area contributed by atoms with Crippen LogP contribution < -0.4 is 21.3 Å². The van der Waals surface area contributed by atoms with Crippen LogP contribution in [0.25, 0.3) is 11.1 Å². The van der Waals surface area contributed by atoms with E-state index in [-0.39, 0.29) is 50.2 Å². The maximum absolute atomic E-state index is 13.7. The fourth-order valence-corrected chi connectivity index (χ4v) is 5.64. The number of carboxylic acid groups (broad SMARTS) is 1. The van der Waals surface area contributed by atoms with Gasteiger partial charge in [-0.25, -0.2) is 19.2 Å². The van der Waals surface area contributed by atoms with Crippen molar-refractivity contribution in [3.8, 4) is 11.1 Å². The molecule has 3 rings (SSSR count). The summed E-state index contributed by atoms with van der Waals surface area (Å²) < 4.78 is 16.3. The molecule has 1 aliphatic carbocycles. The Labute approximate surface area is 305 Å². The van der Waals surface area contributed by atoms with E-state index in [4.69, 9.17) is 14.2 Å². The van der Waals surface area contributed by atoms with Gasteiger partial charge < -0.3 is 30.0 Å². The van der Waals surface area contributed by atoms with Gasteiger partial charge in [0.05, 0.1) is 0 Å². The van der Waals surface area contributed by atoms with Gasteiger partial charge in [-0.05, 0) is 95.9 Å². The molecule has 0 saturated heterocycles. The molecule has 0 spiro atoms. The van der Waals surface area contributed by atoms with E-state index in [1.807, 2.05) is 62.4 Å². The Hall–Kier alpha value is -5.14. The quantitative estimate of drug-likeness (QED) is 0.0746. The summed E-state index contributed by atoms with van der Waals surface area (Å²) in [7, 11) is 0. The van der Waals surface area contributed by atoms with E-state index in [1.165, 1.54) is 6.92 Å². The second-order valence-corrected chi connectivity index (χ2v) is 15.4. The van der Waals surface area contributed by atoms with E-state index in [9.17, 15) is 29.1 Å². The summed E-state index contributed by atoms with van der Waals surface area (Å²) in [5.74, 6) is -2.44. The number of ether oxygens (including phenoxy) is 3. The highest BCUT2D eigenvalue weighted by molar-refractivity contribution is 6.01. The van der Waals surface area contributed by atoms with E-state index in [2.05, 4.69) is 26.3 Å². The average Bonchev–Trinajstić information content (AvgIpc) is 3.33. The zero-order chi connectivity index (χ0) is 38.9. The van der Waals surface area contributed by atoms with Crippen LogP contribution in [0.3, 0.4) is 0 Å². The first-order valence-electron chi connectivity index (χ1n) is 17.4. The molecular formula is C38H53N5O9. The summed E-state index contributed by atoms with van der Waals surface area (Å²) in [6, 6.07) is 14.6. The predicted octanol–water partition coefficient (Wildman–Crippen LogP) is 6.08. The molecule has 0 radical (unpaired) electrons. The first-order valence-corrected chi connectivity index (χ1v) is 17.4. The standard InChI is InChI=1S/C38H53N5O9/c1-23(2)21-29(30(44)45)40-31(46)38(9,19-14-20-39-32(41-33(47)51-36(3,4)5)42-34(48)52-37(6,7)8)43-35(49)50-22-28-26-17-12-10-15-24(26)25-16-11-13-18-27(25)28/h10-13,15-18,23,28-29H,14,19-22H2,1-9H3,(H,40,46)(H,43,49)(H,44,45)(H2,39,41,42,47,48). The number of nitrogens with one attached hydrogen (secondary N) is 4. The summed E-state index contributed by atoms with van der Waals surface area (Å²) in [5.41, 5.74) is 0.855. The normalized spacial score (nSPS) is 14.1. The summed E-state index contributed by atoms with van der Waals surface area (Å²) in [4.78, 5) is 68.4. The SMILES string of the molecule is CC(C)CC(NC(=O)C(C)(CCCN=C(NC(=O)OC(C)(C)C)NC(=O)OC(C)(C)C)NC(=O)OCC1c2ccccc2-c2ccccc21)C(=O)O. The number of nitrogens with zero attached hydrogens (tertiary/aromatic N) is 1. The fraction of sp³-hybridized carbons (Fsp3) is 0.526. The summed E-state index contributed by atoms with van der Waals surface area (Å²) in [6.07, 6.45) is -2.31. The second kappa shape index (κ2) is 17.4. The molecule has 1 aliphatic rings. The van der Waals surface area contributed by atoms with Crippen molar-refractivity contribution in [1.29, 1.82) is 0 Å². The van der Waals surface area contributed by atoms with Crippen molar-refractivity contribution >= 4 is 36.1 Å². The Balaban J connectivity index is 1.79. The molecule has 0 heterocycles. The van der Waals surface area contributed by atoms with Crippen LogP contribution in [0.4, 0.5) is 14.4 Å². The van der Waals surface area contributed by atoms with Crippen LogP contribution in [0.5, 0.6) is 0 Å². The minimum Gasteiger partial charge on any atom is -0.480 e. The molecule has 52 heavy (non-hydrogen) atoms. The summed E-state index contributed by atoms with van der Waals surface area (Å²) in [6.45, 7) is 15.2. The molecule has 0 fully saturated rings. The van der Waals surface area contributed by atoms with Crippen LogP contribution in [-0.4, -0.2) is 77.2 Å². The fourth-order valence-electron chi connectivity index (χ4n) is 5.64. The van der Waals surface area contributed by atoms with Gasteiger partial charge >= 0.3 is 24.2 Å². The van der Waals surface area contributed by atoms with Gasteiger partial charge in [0.25, 0.3) is 0 Å². The highest BCUT2D eigenvalue weighted by Crippen LogP contribution is 2.44. The van der Waals surface area contributed by atoms with Gasteiger partial charge in [0.1, 0.15) is 29.4 Å². The van der Waals surface area contributed by atoms with Gasteiger partial charge in [0, 0.05) is 12.5 Å². The maximum atomic E-state index is 13.7. The first kappa shape index (κ1) is 41.3. The number of benzene rings is 2. The van der Waals surface area contributed by atoms with Gasteiger partial charge in [-0.15, -0.1) is 0 Å². The van der Waals surface area contributed by atoms with Crippen LogP contribution in [0.1, 0.15) is 98.6 Å². The van der Waals surface area contributed by atoms with Gasteiger partial charge in [0.15, 0.2) is 0 Å². The van der Waals surface area contributed by atoms with Crippen LogP contribution in [0.2, 0.25) is 0 Å². The molecule has 0 saturated carbocycles. The Morgan fingerprint density at radius 2 is 1.29 bits per heavy atom. The molecule has 14 nitrogen and oxygen atoms in total. The Kier molecular flexibility index (Phi) is 13.8. The van der Waals surface area contributed by atoms with Crippen molar-refractivity contribution in [2.75, 3.05) is 13.2 Å². The molecule has 2 unspecified atom stereocenters. The zero-order valence-electron chi connectivity index (χ0n) is 31.5. The number of carbonyl (C=O) groups excluding carboxylic acids is 4. The molecule has 0 aromatic heterocycles. The number of fused-ring (bicyclic) bond motifs is 3. The lowest BCUT2D eigenvalue weighted by Crippen LogP contribution is -2.59. The molecule has 0 bridgehead atoms. The zero-order valence-corrected chi connectivity index (χ0v) is 31.5. The number of aliphatic carboxylic acids is 1. The first-order chi connectivity index (χ1) is 24.2. The van der Waals surface area contributed by atoms with Crippen molar-refractivity contribution in [3.05, 3.63) is 59.7 Å². The van der Waals surface area contributed by atoms with Crippen molar-refractivity contribution in [3.63, 3.8) is 0 Å². The third-order valence-corrected chi connectivity index (χ3v) is 7.88. The van der Waals surface area contributed by atoms with Crippen LogP contribution >= 0.6 is 0 Å². The van der Waals surface area contributed by atoms with Crippen LogP contribution in [-0.2, 0) is 23.8 Å². The largest absolute Gasteiger partial charge is 0.480 e. The number of carboxylic acids is 1. The lowest BCUT2D eigenvalue weighted by molar-refractivity contribution is -0.143. The Morgan fingerprint density at radius 3 is 1.75 bits per heavy atom. The topological polar surface area (TPSA) is 194 Å². The third-order valence-electron chi connectivity index (χ3n) is 7.88. The van der Waals surface area contributed by atoms with Gasteiger partial charge in [-0.3, -0.25) is 20.4 Å². The molecule has 2 aromatic rings. The maximum Gasteiger partial charge on any atom is 0.414 e. The Morgan fingerprint density at radius 1 is 0.788 bits per heavy atom. The van der Waals surface area contributed by atoms with Crippen LogP contribution in [0, 0.1) is 5.92 Å². The van der Waals surface area contributed by atoms with Crippen LogP contribution in [0.15, 0.2) is 53.5 Å². The molecule has 2 aromatic carbocycles. The lowest BCUT2D eigenvalue weighted by atomic mass is 9.93. The minimum atomic E-state index is -1.64. The van der Waals surface area contributed by atoms with Gasteiger partial charge in [-0.2, -0.15) is 0 Å². The predicted molar refractivity (Wildman–Crippen MR) is 196 cm³/mol. The number of hydrogen-bond acceptors (Lipinski definition) is 9. The molecule has 0 aliphatic heterocycles. The molecular weight excluding hydrogens is 670 g/mol. The van der Waals surface area contributed by atoms with E-state index in [0.717, 1.165) is 22.3 Å². The van der Waals surface area contributed by atoms with E-state index >= 15 is 0 Å². The summed E-state index contributed by atoms with van der Waals surface area (Å²) in [5, 5.41) is 19.9. The number of aliphatic imine (C=N–C) groups is 1. The van der Waals surface area contributed by atoms with Gasteiger partial charge in [0.2, 0.25) is 11.9 Å². The van der Waals surface area contributed by atoms with Crippen molar-refractivity contribution in [2.24, 2.45) is 10.9 Å². The van der Waals surface area contributed by atoms with Gasteiger partial charge in [-0.1, -0.05) is 62.4 Å². The lowest BCUT2D eigenvalue weighted by Gasteiger charge is -2.31. The third kappa shape index (κ3) is 12.6. The Bertz CT molecular complexity index is 1570. The van der Waals surface area contributed by atoms with Crippen molar-refractivity contribution in [1.82, 2.24) is 21.3 Å². The van der Waals surface area contributed by atoms with E-state index in [1.54, 1.807) is 41.5 Å². The number of hydrogen-bond donors (Lipinski definition) is 5. The number of carbonyl (C=O) groups is 5. The monoisotopic (exact) mass is 723 g/mol. The minimum absolute atomic E-state index is 0.00296. The smallest absolute Gasteiger partial charge is 0.414 e. The average molecular weight is 724 g/mol. The number of alkyl carbamates (subject to hydrolysis) is 3. The number of amides is 4. The molecule has 4 amide bonds. The second-order valence-electron chi connectivity index (χ2n) is 15.4. The molecule has 2 atom stereocenters. The highest BCUT2D eigenvalue weighted by Gasteiger charge is 2.38. The van der Waals surface area contributed by atoms with Crippen molar-refractivity contribution < 1.29 is 43.3 Å². The number of rotatable bonds is 12. The molecule has 14 heteroatoms. The molecule has 5 N–H and O–H groups in total. The summed E-state index contributed by atoms with van der Waals surface area (Å²) >= 11 is 0. The van der Waals surface area contributed by atoms with E-state index < -0.39 is 52.9 Å². The highest BCUT2D eigenvalue weighted by atomic mass is 16.6. The molecule has 284 valence electrons. The number of guanidine groups is 1. The van der Waals surface area contributed by atoms with E-state index in [0.29, 0.717) is 0 Å². The van der Waals surface area contributed by atoms with Crippen molar-refractivity contribution in [2.45, 2.75) is 110 Å².